The monoisotopic (exact) mass is 251 g/mol. The standard InChI is InChI=1S/C13H17NO4/c1-18-13(17)12(10-6-3-2-4-7-10)14-9-5-8-11(15)16/h2-4,6-7,12,14H,5,8-9H2,1H3,(H,15,16). The van der Waals surface area contributed by atoms with Gasteiger partial charge in [-0.2, -0.15) is 0 Å². The molecule has 5 nitrogen and oxygen atoms in total. The van der Waals surface area contributed by atoms with Crippen LogP contribution in [0.4, 0.5) is 0 Å². The highest BCUT2D eigenvalue weighted by Gasteiger charge is 2.20. The van der Waals surface area contributed by atoms with E-state index >= 15 is 0 Å². The van der Waals surface area contributed by atoms with Crippen LogP contribution in [0.15, 0.2) is 30.3 Å². The summed E-state index contributed by atoms with van der Waals surface area (Å²) >= 11 is 0. The summed E-state index contributed by atoms with van der Waals surface area (Å²) < 4.78 is 4.73. The van der Waals surface area contributed by atoms with Gasteiger partial charge in [0.05, 0.1) is 7.11 Å². The fourth-order valence-electron chi connectivity index (χ4n) is 1.59. The normalized spacial score (nSPS) is 11.8. The minimum Gasteiger partial charge on any atom is -0.481 e. The van der Waals surface area contributed by atoms with E-state index in [1.165, 1.54) is 7.11 Å². The van der Waals surface area contributed by atoms with E-state index in [9.17, 15) is 9.59 Å². The zero-order valence-corrected chi connectivity index (χ0v) is 10.3. The van der Waals surface area contributed by atoms with Crippen molar-refractivity contribution in [2.24, 2.45) is 0 Å². The fraction of sp³-hybridized carbons (Fsp3) is 0.385. The Kier molecular flexibility index (Phi) is 5.87. The smallest absolute Gasteiger partial charge is 0.327 e. The molecule has 0 amide bonds. The van der Waals surface area contributed by atoms with Gasteiger partial charge >= 0.3 is 11.9 Å². The molecule has 0 saturated carbocycles. The number of carbonyl (C=O) groups excluding carboxylic acids is 1. The largest absolute Gasteiger partial charge is 0.481 e. The van der Waals surface area contributed by atoms with Gasteiger partial charge in [-0.05, 0) is 18.5 Å². The van der Waals surface area contributed by atoms with E-state index in [1.807, 2.05) is 30.3 Å². The molecule has 1 aromatic rings. The summed E-state index contributed by atoms with van der Waals surface area (Å²) in [5.74, 6) is -1.22. The number of carboxylic acid groups (broad SMARTS) is 1. The second-order valence-electron chi connectivity index (χ2n) is 3.82. The molecule has 0 aliphatic rings. The first-order valence-corrected chi connectivity index (χ1v) is 5.73. The molecule has 0 saturated heterocycles. The lowest BCUT2D eigenvalue weighted by Gasteiger charge is -2.16. The van der Waals surface area contributed by atoms with Crippen molar-refractivity contribution in [3.05, 3.63) is 35.9 Å². The van der Waals surface area contributed by atoms with Crippen molar-refractivity contribution in [2.45, 2.75) is 18.9 Å². The van der Waals surface area contributed by atoms with Crippen molar-refractivity contribution in [1.82, 2.24) is 5.32 Å². The van der Waals surface area contributed by atoms with Crippen LogP contribution in [0.2, 0.25) is 0 Å². The Bertz CT molecular complexity index is 391. The van der Waals surface area contributed by atoms with Crippen LogP contribution >= 0.6 is 0 Å². The first-order valence-electron chi connectivity index (χ1n) is 5.73. The van der Waals surface area contributed by atoms with E-state index in [-0.39, 0.29) is 12.4 Å². The van der Waals surface area contributed by atoms with Crippen molar-refractivity contribution in [2.75, 3.05) is 13.7 Å². The van der Waals surface area contributed by atoms with Crippen LogP contribution in [0.5, 0.6) is 0 Å². The van der Waals surface area contributed by atoms with Gasteiger partial charge in [-0.25, -0.2) is 4.79 Å². The van der Waals surface area contributed by atoms with E-state index in [0.29, 0.717) is 13.0 Å². The Morgan fingerprint density at radius 3 is 2.56 bits per heavy atom. The molecule has 0 radical (unpaired) electrons. The molecule has 1 unspecified atom stereocenters. The second kappa shape index (κ2) is 7.45. The Morgan fingerprint density at radius 1 is 1.33 bits per heavy atom. The number of aliphatic carboxylic acids is 1. The van der Waals surface area contributed by atoms with Crippen molar-refractivity contribution < 1.29 is 19.4 Å². The quantitative estimate of drug-likeness (QED) is 0.565. The Labute approximate surface area is 106 Å². The van der Waals surface area contributed by atoms with E-state index in [0.717, 1.165) is 5.56 Å². The molecule has 0 aliphatic carbocycles. The van der Waals surface area contributed by atoms with Crippen molar-refractivity contribution in [3.8, 4) is 0 Å². The highest BCUT2D eigenvalue weighted by Crippen LogP contribution is 2.13. The minimum absolute atomic E-state index is 0.0790. The number of methoxy groups -OCH3 is 1. The number of rotatable bonds is 7. The van der Waals surface area contributed by atoms with Crippen LogP contribution in [0, 0.1) is 0 Å². The molecule has 5 heteroatoms. The molecule has 0 aromatic heterocycles. The van der Waals surface area contributed by atoms with Gasteiger partial charge in [0.1, 0.15) is 6.04 Å². The highest BCUT2D eigenvalue weighted by molar-refractivity contribution is 5.77. The molecule has 18 heavy (non-hydrogen) atoms. The van der Waals surface area contributed by atoms with Crippen molar-refractivity contribution in [1.29, 1.82) is 0 Å². The Balaban J connectivity index is 2.57. The molecule has 1 aromatic carbocycles. The van der Waals surface area contributed by atoms with Crippen LogP contribution in [0.3, 0.4) is 0 Å². The molecule has 1 rings (SSSR count). The molecule has 0 aliphatic heterocycles. The van der Waals surface area contributed by atoms with E-state index in [4.69, 9.17) is 9.84 Å². The minimum atomic E-state index is -0.842. The molecule has 98 valence electrons. The third-order valence-corrected chi connectivity index (χ3v) is 2.49. The predicted octanol–water partition coefficient (Wildman–Crippen LogP) is 1.36. The molecular formula is C13H17NO4. The molecule has 1 atom stereocenters. The molecule has 0 bridgehead atoms. The summed E-state index contributed by atoms with van der Waals surface area (Å²) in [6, 6.07) is 8.64. The summed E-state index contributed by atoms with van der Waals surface area (Å²) in [4.78, 5) is 22.0. The molecule has 0 spiro atoms. The maximum Gasteiger partial charge on any atom is 0.327 e. The first kappa shape index (κ1) is 14.2. The summed E-state index contributed by atoms with van der Waals surface area (Å²) in [5, 5.41) is 11.5. The number of hydrogen-bond donors (Lipinski definition) is 2. The first-order chi connectivity index (χ1) is 8.65. The number of hydrogen-bond acceptors (Lipinski definition) is 4. The molecule has 0 heterocycles. The molecular weight excluding hydrogens is 234 g/mol. The van der Waals surface area contributed by atoms with E-state index < -0.39 is 12.0 Å². The van der Waals surface area contributed by atoms with Crippen LogP contribution in [-0.2, 0) is 14.3 Å². The van der Waals surface area contributed by atoms with Crippen LogP contribution in [0.25, 0.3) is 0 Å². The Hall–Kier alpha value is -1.88. The molecule has 0 fully saturated rings. The summed E-state index contributed by atoms with van der Waals surface area (Å²) in [6.07, 6.45) is 0.547. The molecule has 2 N–H and O–H groups in total. The SMILES string of the molecule is COC(=O)C(NCCCC(=O)O)c1ccccc1. The number of esters is 1. The third-order valence-electron chi connectivity index (χ3n) is 2.49. The summed E-state index contributed by atoms with van der Waals surface area (Å²) in [6.45, 7) is 0.445. The number of benzene rings is 1. The van der Waals surface area contributed by atoms with Crippen molar-refractivity contribution in [3.63, 3.8) is 0 Å². The van der Waals surface area contributed by atoms with E-state index in [2.05, 4.69) is 5.32 Å². The topological polar surface area (TPSA) is 75.6 Å². The van der Waals surface area contributed by atoms with Crippen molar-refractivity contribution >= 4 is 11.9 Å². The number of carbonyl (C=O) groups is 2. The van der Waals surface area contributed by atoms with E-state index in [1.54, 1.807) is 0 Å². The average Bonchev–Trinajstić information content (AvgIpc) is 2.38. The summed E-state index contributed by atoms with van der Waals surface area (Å²) in [7, 11) is 1.33. The van der Waals surface area contributed by atoms with Crippen LogP contribution in [0.1, 0.15) is 24.4 Å². The van der Waals surface area contributed by atoms with Gasteiger partial charge in [-0.3, -0.25) is 4.79 Å². The third kappa shape index (κ3) is 4.55. The van der Waals surface area contributed by atoms with Gasteiger partial charge in [0.25, 0.3) is 0 Å². The lowest BCUT2D eigenvalue weighted by molar-refractivity contribution is -0.143. The van der Waals surface area contributed by atoms with Gasteiger partial charge in [0.15, 0.2) is 0 Å². The average molecular weight is 251 g/mol. The summed E-state index contributed by atoms with van der Waals surface area (Å²) in [5.41, 5.74) is 0.805. The number of ether oxygens (including phenoxy) is 1. The number of nitrogens with one attached hydrogen (secondary N) is 1. The highest BCUT2D eigenvalue weighted by atomic mass is 16.5. The second-order valence-corrected chi connectivity index (χ2v) is 3.82. The number of carboxylic acids is 1. The lowest BCUT2D eigenvalue weighted by atomic mass is 10.1. The zero-order chi connectivity index (χ0) is 13.4. The predicted molar refractivity (Wildman–Crippen MR) is 66.1 cm³/mol. The Morgan fingerprint density at radius 2 is 2.00 bits per heavy atom. The van der Waals surface area contributed by atoms with Gasteiger partial charge in [-0.1, -0.05) is 30.3 Å². The van der Waals surface area contributed by atoms with Crippen LogP contribution in [-0.4, -0.2) is 30.7 Å². The lowest BCUT2D eigenvalue weighted by Crippen LogP contribution is -2.30. The van der Waals surface area contributed by atoms with Gasteiger partial charge in [0, 0.05) is 6.42 Å². The van der Waals surface area contributed by atoms with Gasteiger partial charge in [0.2, 0.25) is 0 Å². The fourth-order valence-corrected chi connectivity index (χ4v) is 1.59. The van der Waals surface area contributed by atoms with Gasteiger partial charge < -0.3 is 15.2 Å². The van der Waals surface area contributed by atoms with Crippen LogP contribution < -0.4 is 5.32 Å². The maximum atomic E-state index is 11.6. The maximum absolute atomic E-state index is 11.6. The zero-order valence-electron chi connectivity index (χ0n) is 10.3. The van der Waals surface area contributed by atoms with Gasteiger partial charge in [-0.15, -0.1) is 0 Å².